The van der Waals surface area contributed by atoms with Crippen molar-refractivity contribution in [1.29, 1.82) is 0 Å². The van der Waals surface area contributed by atoms with Crippen molar-refractivity contribution in [1.82, 2.24) is 4.98 Å². The lowest BCUT2D eigenvalue weighted by Crippen LogP contribution is -2.04. The molecule has 2 heteroatoms. The van der Waals surface area contributed by atoms with Crippen LogP contribution in [0, 0.1) is 0 Å². The van der Waals surface area contributed by atoms with Gasteiger partial charge in [-0.3, -0.25) is 9.78 Å². The van der Waals surface area contributed by atoms with Crippen LogP contribution in [0.2, 0.25) is 0 Å². The standard InChI is InChI=1S/C13H9NO/c15-13-3-1-2-10-11(13)5-4-9-6-7-14-8-12(9)10/h1-2,4-8H,3H2. The van der Waals surface area contributed by atoms with Crippen LogP contribution in [0.5, 0.6) is 0 Å². The second-order valence-corrected chi connectivity index (χ2v) is 3.65. The lowest BCUT2D eigenvalue weighted by molar-refractivity contribution is 0.0994. The summed E-state index contributed by atoms with van der Waals surface area (Å²) in [4.78, 5) is 15.8. The van der Waals surface area contributed by atoms with E-state index in [9.17, 15) is 4.79 Å². The number of hydrogen-bond donors (Lipinski definition) is 0. The zero-order valence-electron chi connectivity index (χ0n) is 8.10. The lowest BCUT2D eigenvalue weighted by atomic mass is 9.92. The summed E-state index contributed by atoms with van der Waals surface area (Å²) in [6, 6.07) is 5.85. The number of ketones is 1. The number of rotatable bonds is 0. The Morgan fingerprint density at radius 1 is 1.20 bits per heavy atom. The van der Waals surface area contributed by atoms with E-state index in [1.54, 1.807) is 6.20 Å². The number of carbonyl (C=O) groups excluding carboxylic acids is 1. The number of allylic oxidation sites excluding steroid dienone is 1. The highest BCUT2D eigenvalue weighted by Crippen LogP contribution is 2.26. The highest BCUT2D eigenvalue weighted by molar-refractivity contribution is 6.08. The summed E-state index contributed by atoms with van der Waals surface area (Å²) in [6.45, 7) is 0. The van der Waals surface area contributed by atoms with Gasteiger partial charge in [-0.2, -0.15) is 0 Å². The van der Waals surface area contributed by atoms with Gasteiger partial charge in [-0.15, -0.1) is 0 Å². The highest BCUT2D eigenvalue weighted by atomic mass is 16.1. The van der Waals surface area contributed by atoms with Crippen LogP contribution in [0.1, 0.15) is 22.3 Å². The Morgan fingerprint density at radius 2 is 2.13 bits per heavy atom. The Morgan fingerprint density at radius 3 is 3.07 bits per heavy atom. The molecule has 0 fully saturated rings. The molecule has 0 aliphatic heterocycles. The van der Waals surface area contributed by atoms with Crippen molar-refractivity contribution in [2.75, 3.05) is 0 Å². The molecule has 0 saturated carbocycles. The van der Waals surface area contributed by atoms with E-state index in [1.165, 1.54) is 0 Å². The summed E-state index contributed by atoms with van der Waals surface area (Å²) in [5, 5.41) is 2.18. The summed E-state index contributed by atoms with van der Waals surface area (Å²) in [6.07, 6.45) is 8.02. The normalized spacial score (nSPS) is 14.3. The van der Waals surface area contributed by atoms with Gasteiger partial charge in [0, 0.05) is 29.8 Å². The van der Waals surface area contributed by atoms with Gasteiger partial charge in [0.2, 0.25) is 0 Å². The molecular formula is C13H9NO. The van der Waals surface area contributed by atoms with Gasteiger partial charge in [-0.1, -0.05) is 24.3 Å². The minimum atomic E-state index is 0.193. The first kappa shape index (κ1) is 8.36. The van der Waals surface area contributed by atoms with Crippen LogP contribution >= 0.6 is 0 Å². The van der Waals surface area contributed by atoms with Crippen LogP contribution in [0.4, 0.5) is 0 Å². The van der Waals surface area contributed by atoms with E-state index in [1.807, 2.05) is 36.5 Å². The zero-order chi connectivity index (χ0) is 10.3. The van der Waals surface area contributed by atoms with Gasteiger partial charge < -0.3 is 0 Å². The third-order valence-electron chi connectivity index (χ3n) is 2.75. The van der Waals surface area contributed by atoms with E-state index >= 15 is 0 Å². The van der Waals surface area contributed by atoms with Crippen molar-refractivity contribution in [2.24, 2.45) is 0 Å². The monoisotopic (exact) mass is 195 g/mol. The van der Waals surface area contributed by atoms with Crippen LogP contribution in [-0.2, 0) is 0 Å². The molecule has 2 aromatic rings. The molecule has 1 aliphatic rings. The van der Waals surface area contributed by atoms with Gasteiger partial charge in [0.05, 0.1) is 0 Å². The minimum absolute atomic E-state index is 0.193. The Bertz CT molecular complexity index is 584. The fourth-order valence-electron chi connectivity index (χ4n) is 2.00. The molecule has 1 aromatic heterocycles. The summed E-state index contributed by atoms with van der Waals surface area (Å²) < 4.78 is 0. The van der Waals surface area contributed by atoms with Gasteiger partial charge in [-0.25, -0.2) is 0 Å². The first-order valence-electron chi connectivity index (χ1n) is 4.93. The van der Waals surface area contributed by atoms with Crippen molar-refractivity contribution in [3.05, 3.63) is 47.8 Å². The Hall–Kier alpha value is -1.96. The van der Waals surface area contributed by atoms with E-state index < -0.39 is 0 Å². The Balaban J connectivity index is 2.44. The minimum Gasteiger partial charge on any atom is -0.294 e. The van der Waals surface area contributed by atoms with E-state index in [0.717, 1.165) is 21.9 Å². The molecule has 0 saturated heterocycles. The maximum absolute atomic E-state index is 11.7. The third kappa shape index (κ3) is 1.18. The molecule has 0 amide bonds. The number of hydrogen-bond acceptors (Lipinski definition) is 2. The fraction of sp³-hybridized carbons (Fsp3) is 0.0769. The maximum Gasteiger partial charge on any atom is 0.167 e. The average molecular weight is 195 g/mol. The van der Waals surface area contributed by atoms with Gasteiger partial charge in [-0.05, 0) is 17.0 Å². The zero-order valence-corrected chi connectivity index (χ0v) is 8.10. The first-order chi connectivity index (χ1) is 7.36. The van der Waals surface area contributed by atoms with Crippen LogP contribution in [-0.4, -0.2) is 10.8 Å². The SMILES string of the molecule is O=C1CC=Cc2c1ccc1ccncc21. The van der Waals surface area contributed by atoms with Crippen molar-refractivity contribution in [2.45, 2.75) is 6.42 Å². The van der Waals surface area contributed by atoms with Gasteiger partial charge in [0.15, 0.2) is 5.78 Å². The lowest BCUT2D eigenvalue weighted by Gasteiger charge is -2.11. The third-order valence-corrected chi connectivity index (χ3v) is 2.75. The molecule has 0 radical (unpaired) electrons. The molecule has 0 spiro atoms. The highest BCUT2D eigenvalue weighted by Gasteiger charge is 2.14. The summed E-state index contributed by atoms with van der Waals surface area (Å²) in [5.74, 6) is 0.193. The molecule has 0 unspecified atom stereocenters. The predicted octanol–water partition coefficient (Wildman–Crippen LogP) is 2.83. The molecule has 1 heterocycles. The molecular weight excluding hydrogens is 186 g/mol. The number of Topliss-reactive ketones (excluding diaryl/α,β-unsaturated/α-hetero) is 1. The molecule has 0 N–H and O–H groups in total. The molecule has 0 atom stereocenters. The predicted molar refractivity (Wildman–Crippen MR) is 59.7 cm³/mol. The molecule has 2 nitrogen and oxygen atoms in total. The van der Waals surface area contributed by atoms with Crippen molar-refractivity contribution < 1.29 is 4.79 Å². The largest absolute Gasteiger partial charge is 0.294 e. The van der Waals surface area contributed by atoms with E-state index in [-0.39, 0.29) is 5.78 Å². The molecule has 1 aromatic carbocycles. The number of benzene rings is 1. The van der Waals surface area contributed by atoms with Crippen molar-refractivity contribution >= 4 is 22.6 Å². The number of nitrogens with zero attached hydrogens (tertiary/aromatic N) is 1. The molecule has 1 aliphatic carbocycles. The van der Waals surface area contributed by atoms with E-state index in [0.29, 0.717) is 6.42 Å². The van der Waals surface area contributed by atoms with Gasteiger partial charge in [0.25, 0.3) is 0 Å². The van der Waals surface area contributed by atoms with Crippen LogP contribution in [0.25, 0.3) is 16.8 Å². The molecule has 72 valence electrons. The number of carbonyl (C=O) groups is 1. The van der Waals surface area contributed by atoms with E-state index in [4.69, 9.17) is 0 Å². The van der Waals surface area contributed by atoms with Crippen LogP contribution in [0.3, 0.4) is 0 Å². The average Bonchev–Trinajstić information content (AvgIpc) is 2.29. The Kier molecular flexibility index (Phi) is 1.68. The number of pyridine rings is 1. The topological polar surface area (TPSA) is 30.0 Å². The van der Waals surface area contributed by atoms with Crippen LogP contribution < -0.4 is 0 Å². The quantitative estimate of drug-likeness (QED) is 0.647. The maximum atomic E-state index is 11.7. The van der Waals surface area contributed by atoms with Gasteiger partial charge >= 0.3 is 0 Å². The van der Waals surface area contributed by atoms with Gasteiger partial charge in [0.1, 0.15) is 0 Å². The van der Waals surface area contributed by atoms with Crippen molar-refractivity contribution in [3.63, 3.8) is 0 Å². The first-order valence-corrected chi connectivity index (χ1v) is 4.93. The molecule has 3 rings (SSSR count). The summed E-state index contributed by atoms with van der Waals surface area (Å²) in [5.41, 5.74) is 1.83. The summed E-state index contributed by atoms with van der Waals surface area (Å²) in [7, 11) is 0. The molecule has 0 bridgehead atoms. The second-order valence-electron chi connectivity index (χ2n) is 3.65. The molecule has 15 heavy (non-hydrogen) atoms. The fourth-order valence-corrected chi connectivity index (χ4v) is 2.00. The van der Waals surface area contributed by atoms with Crippen molar-refractivity contribution in [3.8, 4) is 0 Å². The second kappa shape index (κ2) is 3.02. The smallest absolute Gasteiger partial charge is 0.167 e. The van der Waals surface area contributed by atoms with Crippen LogP contribution in [0.15, 0.2) is 36.7 Å². The number of aromatic nitrogens is 1. The number of fused-ring (bicyclic) bond motifs is 3. The van der Waals surface area contributed by atoms with E-state index in [2.05, 4.69) is 4.98 Å². The Labute approximate surface area is 87.3 Å². The summed E-state index contributed by atoms with van der Waals surface area (Å²) >= 11 is 0.